The highest BCUT2D eigenvalue weighted by atomic mass is 35.5. The summed E-state index contributed by atoms with van der Waals surface area (Å²) in [6.07, 6.45) is 1.83. The molecule has 0 heterocycles. The third kappa shape index (κ3) is 5.41. The van der Waals surface area contributed by atoms with Crippen molar-refractivity contribution in [2.24, 2.45) is 11.3 Å². The minimum absolute atomic E-state index is 0.219. The van der Waals surface area contributed by atoms with Crippen LogP contribution in [-0.4, -0.2) is 12.6 Å². The van der Waals surface area contributed by atoms with Gasteiger partial charge in [0.25, 0.3) is 0 Å². The third-order valence-corrected chi connectivity index (χ3v) is 4.45. The monoisotopic (exact) mass is 299 g/mol. The second-order valence-electron chi connectivity index (χ2n) is 6.70. The molecule has 2 unspecified atom stereocenters. The van der Waals surface area contributed by atoms with Crippen LogP contribution in [0.3, 0.4) is 0 Å². The molecule has 0 fully saturated rings. The lowest BCUT2D eigenvalue weighted by atomic mass is 9.78. The minimum Gasteiger partial charge on any atom is -0.314 e. The zero-order valence-electron chi connectivity index (χ0n) is 13.3. The summed E-state index contributed by atoms with van der Waals surface area (Å²) in [6, 6.07) is 4.93. The van der Waals surface area contributed by atoms with Crippen LogP contribution in [0.5, 0.6) is 0 Å². The van der Waals surface area contributed by atoms with E-state index in [0.29, 0.717) is 17.0 Å². The van der Waals surface area contributed by atoms with Gasteiger partial charge in [-0.3, -0.25) is 0 Å². The molecule has 114 valence electrons. The van der Waals surface area contributed by atoms with Crippen LogP contribution in [0.15, 0.2) is 18.2 Å². The molecule has 1 N–H and O–H groups in total. The summed E-state index contributed by atoms with van der Waals surface area (Å²) >= 11 is 6.17. The Morgan fingerprint density at radius 2 is 1.95 bits per heavy atom. The molecule has 0 spiro atoms. The first-order chi connectivity index (χ1) is 9.24. The Hall–Kier alpha value is -0.600. The first-order valence-electron chi connectivity index (χ1n) is 7.41. The number of hydrogen-bond donors (Lipinski definition) is 1. The number of benzene rings is 1. The Bertz CT molecular complexity index is 425. The summed E-state index contributed by atoms with van der Waals surface area (Å²) in [7, 11) is 0. The fraction of sp³-hybridized carbons (Fsp3) is 0.647. The molecule has 0 amide bonds. The topological polar surface area (TPSA) is 12.0 Å². The summed E-state index contributed by atoms with van der Waals surface area (Å²) in [6.45, 7) is 12.1. The molecule has 1 aromatic rings. The maximum Gasteiger partial charge on any atom is 0.123 e. The Morgan fingerprint density at radius 1 is 1.30 bits per heavy atom. The summed E-state index contributed by atoms with van der Waals surface area (Å²) in [4.78, 5) is 0. The van der Waals surface area contributed by atoms with Gasteiger partial charge in [0.1, 0.15) is 5.82 Å². The van der Waals surface area contributed by atoms with E-state index in [1.165, 1.54) is 6.07 Å². The average Bonchev–Trinajstić information content (AvgIpc) is 2.33. The van der Waals surface area contributed by atoms with Gasteiger partial charge >= 0.3 is 0 Å². The Balaban J connectivity index is 2.79. The van der Waals surface area contributed by atoms with E-state index in [1.54, 1.807) is 12.1 Å². The van der Waals surface area contributed by atoms with Gasteiger partial charge in [0.15, 0.2) is 0 Å². The lowest BCUT2D eigenvalue weighted by molar-refractivity contribution is 0.222. The quantitative estimate of drug-likeness (QED) is 0.773. The van der Waals surface area contributed by atoms with Crippen molar-refractivity contribution in [2.75, 3.05) is 6.54 Å². The number of likely N-dealkylation sites (N-methyl/N-ethyl adjacent to an activating group) is 1. The van der Waals surface area contributed by atoms with E-state index in [9.17, 15) is 4.39 Å². The molecule has 0 radical (unpaired) electrons. The molecule has 0 aromatic heterocycles. The van der Waals surface area contributed by atoms with Crippen LogP contribution in [0.2, 0.25) is 5.02 Å². The molecular formula is C17H27ClFN. The second kappa shape index (κ2) is 7.42. The van der Waals surface area contributed by atoms with Crippen LogP contribution in [-0.2, 0) is 6.42 Å². The van der Waals surface area contributed by atoms with Gasteiger partial charge in [-0.15, -0.1) is 0 Å². The highest BCUT2D eigenvalue weighted by Crippen LogP contribution is 2.30. The predicted octanol–water partition coefficient (Wildman–Crippen LogP) is 5.07. The molecule has 0 aliphatic carbocycles. The van der Waals surface area contributed by atoms with Gasteiger partial charge in [0.2, 0.25) is 0 Å². The average molecular weight is 300 g/mol. The molecule has 0 saturated heterocycles. The van der Waals surface area contributed by atoms with Crippen molar-refractivity contribution in [1.82, 2.24) is 5.32 Å². The van der Waals surface area contributed by atoms with Crippen LogP contribution in [0.1, 0.15) is 46.6 Å². The molecule has 0 aliphatic heterocycles. The van der Waals surface area contributed by atoms with Crippen LogP contribution in [0.25, 0.3) is 0 Å². The Morgan fingerprint density at radius 3 is 2.50 bits per heavy atom. The fourth-order valence-electron chi connectivity index (χ4n) is 2.27. The van der Waals surface area contributed by atoms with Gasteiger partial charge in [-0.1, -0.05) is 46.2 Å². The Kier molecular flexibility index (Phi) is 6.47. The largest absolute Gasteiger partial charge is 0.314 e. The molecule has 3 heteroatoms. The van der Waals surface area contributed by atoms with E-state index in [1.807, 2.05) is 0 Å². The third-order valence-electron chi connectivity index (χ3n) is 4.08. The molecule has 2 atom stereocenters. The zero-order chi connectivity index (χ0) is 15.3. The van der Waals surface area contributed by atoms with Crippen molar-refractivity contribution in [2.45, 2.75) is 53.5 Å². The minimum atomic E-state index is -0.219. The second-order valence-corrected chi connectivity index (χ2v) is 7.10. The van der Waals surface area contributed by atoms with Crippen molar-refractivity contribution in [3.8, 4) is 0 Å². The highest BCUT2D eigenvalue weighted by Gasteiger charge is 2.23. The molecular weight excluding hydrogens is 273 g/mol. The summed E-state index contributed by atoms with van der Waals surface area (Å²) in [5.41, 5.74) is 1.16. The fourth-order valence-corrected chi connectivity index (χ4v) is 2.47. The van der Waals surface area contributed by atoms with E-state index in [2.05, 4.69) is 39.9 Å². The van der Waals surface area contributed by atoms with Gasteiger partial charge in [-0.2, -0.15) is 0 Å². The van der Waals surface area contributed by atoms with Crippen LogP contribution >= 0.6 is 11.6 Å². The maximum atomic E-state index is 13.4. The zero-order valence-corrected chi connectivity index (χ0v) is 14.0. The van der Waals surface area contributed by atoms with Crippen molar-refractivity contribution in [3.05, 3.63) is 34.6 Å². The normalized spacial score (nSPS) is 15.2. The predicted molar refractivity (Wildman–Crippen MR) is 85.8 cm³/mol. The van der Waals surface area contributed by atoms with E-state index < -0.39 is 0 Å². The molecule has 0 aliphatic rings. The molecule has 0 bridgehead atoms. The van der Waals surface area contributed by atoms with E-state index in [0.717, 1.165) is 24.9 Å². The molecule has 1 aromatic carbocycles. The van der Waals surface area contributed by atoms with Crippen molar-refractivity contribution < 1.29 is 4.39 Å². The highest BCUT2D eigenvalue weighted by molar-refractivity contribution is 6.31. The van der Waals surface area contributed by atoms with E-state index in [-0.39, 0.29) is 11.2 Å². The SMILES string of the molecule is CCNC(Cc1cc(F)ccc1Cl)CC(C)C(C)(C)C. The molecule has 20 heavy (non-hydrogen) atoms. The van der Waals surface area contributed by atoms with Crippen molar-refractivity contribution in [3.63, 3.8) is 0 Å². The smallest absolute Gasteiger partial charge is 0.123 e. The van der Waals surface area contributed by atoms with Crippen LogP contribution in [0, 0.1) is 17.2 Å². The number of halogens is 2. The van der Waals surface area contributed by atoms with Gasteiger partial charge < -0.3 is 5.32 Å². The van der Waals surface area contributed by atoms with Gasteiger partial charge in [0.05, 0.1) is 0 Å². The summed E-state index contributed by atoms with van der Waals surface area (Å²) in [5, 5.41) is 4.15. The standard InChI is InChI=1S/C17H27ClFN/c1-6-20-15(9-12(2)17(3,4)5)11-13-10-14(19)7-8-16(13)18/h7-8,10,12,15,20H,6,9,11H2,1-5H3. The lowest BCUT2D eigenvalue weighted by Crippen LogP contribution is -2.35. The lowest BCUT2D eigenvalue weighted by Gasteiger charge is -2.31. The van der Waals surface area contributed by atoms with Gasteiger partial charge in [-0.05, 0) is 54.5 Å². The maximum absolute atomic E-state index is 13.4. The summed E-state index contributed by atoms with van der Waals surface area (Å²) < 4.78 is 13.4. The van der Waals surface area contributed by atoms with Crippen molar-refractivity contribution >= 4 is 11.6 Å². The number of rotatable bonds is 6. The van der Waals surface area contributed by atoms with E-state index in [4.69, 9.17) is 11.6 Å². The van der Waals surface area contributed by atoms with E-state index >= 15 is 0 Å². The van der Waals surface area contributed by atoms with Crippen LogP contribution in [0.4, 0.5) is 4.39 Å². The van der Waals surface area contributed by atoms with Crippen LogP contribution < -0.4 is 5.32 Å². The first-order valence-corrected chi connectivity index (χ1v) is 7.79. The Labute approximate surface area is 127 Å². The molecule has 1 rings (SSSR count). The summed E-state index contributed by atoms with van der Waals surface area (Å²) in [5.74, 6) is 0.363. The van der Waals surface area contributed by atoms with Gasteiger partial charge in [0, 0.05) is 11.1 Å². The number of nitrogens with one attached hydrogen (secondary N) is 1. The molecule has 0 saturated carbocycles. The molecule has 1 nitrogen and oxygen atoms in total. The number of hydrogen-bond acceptors (Lipinski definition) is 1. The van der Waals surface area contributed by atoms with Gasteiger partial charge in [-0.25, -0.2) is 4.39 Å². The van der Waals surface area contributed by atoms with Crippen molar-refractivity contribution in [1.29, 1.82) is 0 Å². The first kappa shape index (κ1) is 17.5.